The van der Waals surface area contributed by atoms with Gasteiger partial charge in [0, 0.05) is 24.2 Å². The maximum atomic E-state index is 13.0. The number of hydrogen-bond donors (Lipinski definition) is 1. The summed E-state index contributed by atoms with van der Waals surface area (Å²) in [5.41, 5.74) is 0.971. The number of halogens is 1. The summed E-state index contributed by atoms with van der Waals surface area (Å²) in [5.74, 6) is -0.260. The molecule has 1 aromatic heterocycles. The van der Waals surface area contributed by atoms with Crippen LogP contribution < -0.4 is 5.32 Å². The van der Waals surface area contributed by atoms with Gasteiger partial charge >= 0.3 is 0 Å². The predicted octanol–water partition coefficient (Wildman–Crippen LogP) is 2.89. The van der Waals surface area contributed by atoms with Gasteiger partial charge in [-0.25, -0.2) is 4.39 Å². The van der Waals surface area contributed by atoms with Crippen LogP contribution in [0.2, 0.25) is 0 Å². The Morgan fingerprint density at radius 1 is 1.35 bits per heavy atom. The zero-order chi connectivity index (χ0) is 14.1. The van der Waals surface area contributed by atoms with Crippen molar-refractivity contribution < 1.29 is 4.39 Å². The van der Waals surface area contributed by atoms with Crippen molar-refractivity contribution in [3.63, 3.8) is 0 Å². The molecule has 2 bridgehead atoms. The molecule has 2 aliphatic rings. The van der Waals surface area contributed by atoms with E-state index >= 15 is 0 Å². The zero-order valence-corrected chi connectivity index (χ0v) is 12.3. The Morgan fingerprint density at radius 2 is 2.05 bits per heavy atom. The van der Waals surface area contributed by atoms with Gasteiger partial charge in [0.05, 0.1) is 11.9 Å². The van der Waals surface area contributed by atoms with Crippen molar-refractivity contribution in [2.75, 3.05) is 6.54 Å². The number of hydrogen-bond acceptors (Lipinski definition) is 3. The fourth-order valence-electron chi connectivity index (χ4n) is 3.95. The largest absolute Gasteiger partial charge is 0.311 e. The molecule has 3 rings (SSSR count). The first kappa shape index (κ1) is 14.0. The molecule has 2 aliphatic heterocycles. The van der Waals surface area contributed by atoms with E-state index in [4.69, 9.17) is 0 Å². The molecule has 2 fully saturated rings. The van der Waals surface area contributed by atoms with E-state index in [1.165, 1.54) is 37.9 Å². The minimum absolute atomic E-state index is 0.253. The summed E-state index contributed by atoms with van der Waals surface area (Å²) in [7, 11) is 0. The standard InChI is InChI=1S/C16H24FN3/c1-3-20(11(2)16-7-4-12(17)10-18-16)15-8-13-5-6-14(9-15)19-13/h4,7,10-11,13-15,19H,3,5-6,8-9H2,1-2H3. The molecule has 0 saturated carbocycles. The maximum Gasteiger partial charge on any atom is 0.141 e. The number of rotatable bonds is 4. The molecule has 20 heavy (non-hydrogen) atoms. The van der Waals surface area contributed by atoms with Gasteiger partial charge < -0.3 is 5.32 Å². The highest BCUT2D eigenvalue weighted by atomic mass is 19.1. The van der Waals surface area contributed by atoms with Crippen molar-refractivity contribution >= 4 is 0 Å². The number of nitrogens with one attached hydrogen (secondary N) is 1. The minimum atomic E-state index is -0.260. The Balaban J connectivity index is 1.73. The van der Waals surface area contributed by atoms with Crippen LogP contribution in [0.25, 0.3) is 0 Å². The average Bonchev–Trinajstić information content (AvgIpc) is 2.79. The molecular weight excluding hydrogens is 253 g/mol. The van der Waals surface area contributed by atoms with E-state index < -0.39 is 0 Å². The van der Waals surface area contributed by atoms with Gasteiger partial charge in [0.15, 0.2) is 0 Å². The fraction of sp³-hybridized carbons (Fsp3) is 0.688. The van der Waals surface area contributed by atoms with Crippen LogP contribution in [0, 0.1) is 5.82 Å². The Labute approximate surface area is 120 Å². The number of aromatic nitrogens is 1. The Morgan fingerprint density at radius 3 is 2.60 bits per heavy atom. The number of pyridine rings is 1. The topological polar surface area (TPSA) is 28.2 Å². The van der Waals surface area contributed by atoms with E-state index in [0.29, 0.717) is 18.1 Å². The lowest BCUT2D eigenvalue weighted by Crippen LogP contribution is -2.49. The first-order valence-corrected chi connectivity index (χ1v) is 7.80. The van der Waals surface area contributed by atoms with Crippen molar-refractivity contribution in [2.45, 2.75) is 63.7 Å². The van der Waals surface area contributed by atoms with Gasteiger partial charge in [-0.15, -0.1) is 0 Å². The monoisotopic (exact) mass is 277 g/mol. The minimum Gasteiger partial charge on any atom is -0.311 e. The third-order valence-electron chi connectivity index (χ3n) is 4.96. The first-order valence-electron chi connectivity index (χ1n) is 7.80. The second kappa shape index (κ2) is 5.78. The lowest BCUT2D eigenvalue weighted by atomic mass is 9.96. The first-order chi connectivity index (χ1) is 9.67. The highest BCUT2D eigenvalue weighted by Gasteiger charge is 2.37. The van der Waals surface area contributed by atoms with Crippen LogP contribution in [-0.4, -0.2) is 34.6 Å². The number of nitrogens with zero attached hydrogens (tertiary/aromatic N) is 2. The second-order valence-electron chi connectivity index (χ2n) is 6.17. The summed E-state index contributed by atoms with van der Waals surface area (Å²) in [5, 5.41) is 3.69. The molecule has 0 aromatic carbocycles. The molecule has 1 N–H and O–H groups in total. The summed E-state index contributed by atoms with van der Waals surface area (Å²) in [6, 6.07) is 5.60. The Hall–Kier alpha value is -1.00. The summed E-state index contributed by atoms with van der Waals surface area (Å²) in [4.78, 5) is 6.80. The van der Waals surface area contributed by atoms with Gasteiger partial charge in [-0.2, -0.15) is 0 Å². The molecule has 3 heterocycles. The van der Waals surface area contributed by atoms with Crippen LogP contribution in [0.4, 0.5) is 4.39 Å². The van der Waals surface area contributed by atoms with Crippen molar-refractivity contribution in [2.24, 2.45) is 0 Å². The van der Waals surface area contributed by atoms with E-state index in [1.54, 1.807) is 0 Å². The highest BCUT2D eigenvalue weighted by molar-refractivity contribution is 5.10. The zero-order valence-electron chi connectivity index (χ0n) is 12.3. The number of fused-ring (bicyclic) bond motifs is 2. The Kier molecular flexibility index (Phi) is 4.03. The Bertz CT molecular complexity index is 436. The SMILES string of the molecule is CCN(C1CC2CCC(C1)N2)C(C)c1ccc(F)cn1. The van der Waals surface area contributed by atoms with Crippen molar-refractivity contribution in [3.8, 4) is 0 Å². The second-order valence-corrected chi connectivity index (χ2v) is 6.17. The maximum absolute atomic E-state index is 13.0. The van der Waals surface area contributed by atoms with Crippen molar-refractivity contribution in [1.29, 1.82) is 0 Å². The summed E-state index contributed by atoms with van der Waals surface area (Å²) in [6.07, 6.45) is 6.43. The van der Waals surface area contributed by atoms with Gasteiger partial charge in [-0.05, 0) is 51.3 Å². The molecule has 110 valence electrons. The van der Waals surface area contributed by atoms with Crippen LogP contribution in [0.3, 0.4) is 0 Å². The quantitative estimate of drug-likeness (QED) is 0.917. The molecule has 3 atom stereocenters. The molecule has 4 heteroatoms. The molecule has 0 aliphatic carbocycles. The molecule has 3 unspecified atom stereocenters. The van der Waals surface area contributed by atoms with Gasteiger partial charge in [0.1, 0.15) is 5.82 Å². The average molecular weight is 277 g/mol. The molecular formula is C16H24FN3. The molecule has 1 aromatic rings. The molecule has 3 nitrogen and oxygen atoms in total. The fourth-order valence-corrected chi connectivity index (χ4v) is 3.95. The number of piperidine rings is 1. The summed E-state index contributed by atoms with van der Waals surface area (Å²) < 4.78 is 13.0. The molecule has 0 spiro atoms. The lowest BCUT2D eigenvalue weighted by molar-refractivity contribution is 0.106. The van der Waals surface area contributed by atoms with E-state index in [-0.39, 0.29) is 11.9 Å². The van der Waals surface area contributed by atoms with Crippen LogP contribution in [0.15, 0.2) is 18.3 Å². The molecule has 0 amide bonds. The van der Waals surface area contributed by atoms with Gasteiger partial charge in [-0.3, -0.25) is 9.88 Å². The van der Waals surface area contributed by atoms with E-state index in [1.807, 2.05) is 6.07 Å². The normalized spacial score (nSPS) is 30.7. The van der Waals surface area contributed by atoms with Crippen molar-refractivity contribution in [3.05, 3.63) is 29.8 Å². The van der Waals surface area contributed by atoms with Crippen LogP contribution in [-0.2, 0) is 0 Å². The van der Waals surface area contributed by atoms with Crippen molar-refractivity contribution in [1.82, 2.24) is 15.2 Å². The van der Waals surface area contributed by atoms with Crippen LogP contribution in [0.5, 0.6) is 0 Å². The lowest BCUT2D eigenvalue weighted by Gasteiger charge is -2.40. The van der Waals surface area contributed by atoms with E-state index in [0.717, 1.165) is 12.2 Å². The van der Waals surface area contributed by atoms with E-state index in [2.05, 4.69) is 29.0 Å². The predicted molar refractivity (Wildman–Crippen MR) is 78.0 cm³/mol. The highest BCUT2D eigenvalue weighted by Crippen LogP contribution is 2.33. The molecule has 0 radical (unpaired) electrons. The van der Waals surface area contributed by atoms with Crippen LogP contribution >= 0.6 is 0 Å². The smallest absolute Gasteiger partial charge is 0.141 e. The van der Waals surface area contributed by atoms with Gasteiger partial charge in [-0.1, -0.05) is 6.92 Å². The summed E-state index contributed by atoms with van der Waals surface area (Å²) in [6.45, 7) is 5.42. The third-order valence-corrected chi connectivity index (χ3v) is 4.96. The van der Waals surface area contributed by atoms with Gasteiger partial charge in [0.25, 0.3) is 0 Å². The summed E-state index contributed by atoms with van der Waals surface area (Å²) >= 11 is 0. The third kappa shape index (κ3) is 2.72. The van der Waals surface area contributed by atoms with Crippen LogP contribution in [0.1, 0.15) is 51.3 Å². The van der Waals surface area contributed by atoms with E-state index in [9.17, 15) is 4.39 Å². The van der Waals surface area contributed by atoms with Gasteiger partial charge in [0.2, 0.25) is 0 Å². The molecule has 2 saturated heterocycles.